The zero-order valence-corrected chi connectivity index (χ0v) is 14.8. The first-order chi connectivity index (χ1) is 12.0. The zero-order chi connectivity index (χ0) is 18.2. The largest absolute Gasteiger partial charge is 0.459 e. The average Bonchev–Trinajstić information content (AvgIpc) is 3.14. The second-order valence-electron chi connectivity index (χ2n) is 5.84. The van der Waals surface area contributed by atoms with E-state index in [4.69, 9.17) is 4.42 Å². The molecule has 0 saturated heterocycles. The number of nitrogens with zero attached hydrogens (tertiary/aromatic N) is 2. The van der Waals surface area contributed by atoms with Crippen molar-refractivity contribution >= 4 is 17.5 Å². The summed E-state index contributed by atoms with van der Waals surface area (Å²) in [4.78, 5) is 27.7. The molecule has 0 bridgehead atoms. The molecule has 0 radical (unpaired) electrons. The molecule has 0 unspecified atom stereocenters. The molecule has 2 rings (SSSR count). The summed E-state index contributed by atoms with van der Waals surface area (Å²) in [5.74, 6) is -0.624. The van der Waals surface area contributed by atoms with Gasteiger partial charge in [-0.1, -0.05) is 19.1 Å². The second kappa shape index (κ2) is 8.89. The number of likely N-dealkylation sites (N-methyl/N-ethyl adjacent to an activating group) is 1. The van der Waals surface area contributed by atoms with Crippen molar-refractivity contribution in [1.29, 1.82) is 0 Å². The highest BCUT2D eigenvalue weighted by Crippen LogP contribution is 2.13. The molecular formula is C18H24N4O3. The van der Waals surface area contributed by atoms with Crippen LogP contribution in [0.4, 0.5) is 5.69 Å². The van der Waals surface area contributed by atoms with Gasteiger partial charge in [0.05, 0.1) is 12.8 Å². The Hall–Kier alpha value is -2.80. The minimum absolute atomic E-state index is 0.147. The molecule has 134 valence electrons. The highest BCUT2D eigenvalue weighted by Gasteiger charge is 2.12. The highest BCUT2D eigenvalue weighted by atomic mass is 16.3. The predicted molar refractivity (Wildman–Crippen MR) is 96.0 cm³/mol. The van der Waals surface area contributed by atoms with E-state index in [-0.39, 0.29) is 18.2 Å². The number of carbonyl (C=O) groups is 2. The Labute approximate surface area is 147 Å². The molecule has 0 spiro atoms. The van der Waals surface area contributed by atoms with Crippen molar-refractivity contribution in [2.24, 2.45) is 0 Å². The Morgan fingerprint density at radius 1 is 1.08 bits per heavy atom. The number of amides is 2. The third-order valence-electron chi connectivity index (χ3n) is 3.73. The van der Waals surface area contributed by atoms with Gasteiger partial charge in [-0.25, -0.2) is 0 Å². The minimum Gasteiger partial charge on any atom is -0.459 e. The number of hydrazine groups is 1. The summed E-state index contributed by atoms with van der Waals surface area (Å²) in [6.07, 6.45) is 1.40. The number of carbonyl (C=O) groups excluding carboxylic acids is 2. The van der Waals surface area contributed by atoms with E-state index in [2.05, 4.69) is 23.0 Å². The van der Waals surface area contributed by atoms with E-state index in [1.54, 1.807) is 6.07 Å². The Kier molecular flexibility index (Phi) is 6.59. The molecule has 7 heteroatoms. The lowest BCUT2D eigenvalue weighted by atomic mass is 10.2. The molecule has 7 nitrogen and oxygen atoms in total. The first kappa shape index (κ1) is 18.5. The number of furan rings is 1. The summed E-state index contributed by atoms with van der Waals surface area (Å²) in [6, 6.07) is 11.3. The summed E-state index contributed by atoms with van der Waals surface area (Å²) in [6.45, 7) is 3.55. The topological polar surface area (TPSA) is 77.8 Å². The van der Waals surface area contributed by atoms with Crippen molar-refractivity contribution in [1.82, 2.24) is 15.8 Å². The van der Waals surface area contributed by atoms with Crippen LogP contribution in [0.15, 0.2) is 47.1 Å². The van der Waals surface area contributed by atoms with Gasteiger partial charge in [-0.2, -0.15) is 0 Å². The normalized spacial score (nSPS) is 10.6. The van der Waals surface area contributed by atoms with Crippen molar-refractivity contribution in [2.75, 3.05) is 32.1 Å². The Balaban J connectivity index is 1.82. The van der Waals surface area contributed by atoms with Crippen LogP contribution < -0.4 is 15.8 Å². The van der Waals surface area contributed by atoms with Gasteiger partial charge in [0.25, 0.3) is 5.91 Å². The Bertz CT molecular complexity index is 681. The molecule has 0 aliphatic rings. The number of nitrogens with one attached hydrogen (secondary N) is 2. The second-order valence-corrected chi connectivity index (χ2v) is 5.84. The first-order valence-corrected chi connectivity index (χ1v) is 8.11. The number of rotatable bonds is 7. The molecule has 25 heavy (non-hydrogen) atoms. The van der Waals surface area contributed by atoms with Crippen LogP contribution in [-0.4, -0.2) is 43.9 Å². The summed E-state index contributed by atoms with van der Waals surface area (Å²) in [7, 11) is 3.99. The first-order valence-electron chi connectivity index (χ1n) is 8.11. The smallest absolute Gasteiger partial charge is 0.305 e. The van der Waals surface area contributed by atoms with Crippen molar-refractivity contribution < 1.29 is 14.0 Å². The lowest BCUT2D eigenvalue weighted by Gasteiger charge is -2.20. The van der Waals surface area contributed by atoms with E-state index in [0.29, 0.717) is 6.54 Å². The van der Waals surface area contributed by atoms with Gasteiger partial charge in [0.1, 0.15) is 0 Å². The quantitative estimate of drug-likeness (QED) is 0.747. The van der Waals surface area contributed by atoms with Crippen molar-refractivity contribution in [2.45, 2.75) is 13.5 Å². The Morgan fingerprint density at radius 2 is 1.80 bits per heavy atom. The van der Waals surface area contributed by atoms with Crippen LogP contribution in [0.5, 0.6) is 0 Å². The van der Waals surface area contributed by atoms with E-state index < -0.39 is 5.91 Å². The molecule has 2 aromatic rings. The maximum Gasteiger partial charge on any atom is 0.305 e. The average molecular weight is 344 g/mol. The molecule has 1 heterocycles. The molecule has 1 aromatic heterocycles. The van der Waals surface area contributed by atoms with Crippen molar-refractivity contribution in [3.8, 4) is 0 Å². The molecule has 0 saturated carbocycles. The van der Waals surface area contributed by atoms with Crippen LogP contribution in [0, 0.1) is 0 Å². The SMILES string of the molecule is CCN(CC(=O)NNC(=O)c1ccco1)Cc1ccc(N(C)C)cc1. The van der Waals surface area contributed by atoms with Crippen LogP contribution in [0.25, 0.3) is 0 Å². The lowest BCUT2D eigenvalue weighted by Crippen LogP contribution is -2.46. The fourth-order valence-corrected chi connectivity index (χ4v) is 2.28. The van der Waals surface area contributed by atoms with Gasteiger partial charge in [-0.05, 0) is 36.4 Å². The summed E-state index contributed by atoms with van der Waals surface area (Å²) in [5, 5.41) is 0. The zero-order valence-electron chi connectivity index (χ0n) is 14.8. The fraction of sp³-hybridized carbons (Fsp3) is 0.333. The number of hydrogen-bond acceptors (Lipinski definition) is 5. The highest BCUT2D eigenvalue weighted by molar-refractivity contribution is 5.93. The molecule has 0 aliphatic carbocycles. The molecular weight excluding hydrogens is 320 g/mol. The molecule has 2 amide bonds. The van der Waals surface area contributed by atoms with Gasteiger partial charge in [0, 0.05) is 26.3 Å². The fourth-order valence-electron chi connectivity index (χ4n) is 2.28. The van der Waals surface area contributed by atoms with E-state index in [9.17, 15) is 9.59 Å². The molecule has 2 N–H and O–H groups in total. The maximum atomic E-state index is 12.0. The van der Waals surface area contributed by atoms with Crippen molar-refractivity contribution in [3.05, 3.63) is 54.0 Å². The standard InChI is InChI=1S/C18H24N4O3/c1-4-22(12-14-7-9-15(10-8-14)21(2)3)13-17(23)19-20-18(24)16-6-5-11-25-16/h5-11H,4,12-13H2,1-3H3,(H,19,23)(H,20,24). The van der Waals surface area contributed by atoms with Gasteiger partial charge < -0.3 is 9.32 Å². The number of hydrogen-bond donors (Lipinski definition) is 2. The van der Waals surface area contributed by atoms with Crippen LogP contribution in [-0.2, 0) is 11.3 Å². The lowest BCUT2D eigenvalue weighted by molar-refractivity contribution is -0.123. The van der Waals surface area contributed by atoms with E-state index in [1.807, 2.05) is 43.0 Å². The van der Waals surface area contributed by atoms with Gasteiger partial charge in [-0.15, -0.1) is 0 Å². The van der Waals surface area contributed by atoms with Gasteiger partial charge in [0.2, 0.25) is 0 Å². The van der Waals surface area contributed by atoms with E-state index in [0.717, 1.165) is 17.8 Å². The molecule has 0 fully saturated rings. The van der Waals surface area contributed by atoms with E-state index >= 15 is 0 Å². The van der Waals surface area contributed by atoms with Gasteiger partial charge >= 0.3 is 5.91 Å². The van der Waals surface area contributed by atoms with Crippen molar-refractivity contribution in [3.63, 3.8) is 0 Å². The third kappa shape index (κ3) is 5.65. The number of benzene rings is 1. The van der Waals surface area contributed by atoms with Crippen LogP contribution >= 0.6 is 0 Å². The molecule has 1 aromatic carbocycles. The van der Waals surface area contributed by atoms with E-state index in [1.165, 1.54) is 12.3 Å². The summed E-state index contributed by atoms with van der Waals surface area (Å²) >= 11 is 0. The monoisotopic (exact) mass is 344 g/mol. The summed E-state index contributed by atoms with van der Waals surface area (Å²) < 4.78 is 4.96. The predicted octanol–water partition coefficient (Wildman–Crippen LogP) is 1.63. The minimum atomic E-state index is -0.485. The molecule has 0 atom stereocenters. The third-order valence-corrected chi connectivity index (χ3v) is 3.73. The van der Waals surface area contributed by atoms with Crippen LogP contribution in [0.2, 0.25) is 0 Å². The summed E-state index contributed by atoms with van der Waals surface area (Å²) in [5.41, 5.74) is 6.99. The van der Waals surface area contributed by atoms with Crippen LogP contribution in [0.1, 0.15) is 23.0 Å². The van der Waals surface area contributed by atoms with Gasteiger partial charge in [-0.3, -0.25) is 25.3 Å². The van der Waals surface area contributed by atoms with Gasteiger partial charge in [0.15, 0.2) is 5.76 Å². The Morgan fingerprint density at radius 3 is 2.36 bits per heavy atom. The molecule has 0 aliphatic heterocycles. The maximum absolute atomic E-state index is 12.0. The number of anilines is 1. The van der Waals surface area contributed by atoms with Crippen LogP contribution in [0.3, 0.4) is 0 Å².